The minimum atomic E-state index is -0.333. The van der Waals surface area contributed by atoms with Crippen molar-refractivity contribution in [2.75, 3.05) is 25.5 Å². The van der Waals surface area contributed by atoms with Crippen molar-refractivity contribution in [2.45, 2.75) is 19.9 Å². The molecule has 1 aromatic rings. The van der Waals surface area contributed by atoms with Gasteiger partial charge in [0.15, 0.2) is 0 Å². The van der Waals surface area contributed by atoms with Crippen LogP contribution in [-0.4, -0.2) is 32.6 Å². The lowest BCUT2D eigenvalue weighted by Crippen LogP contribution is -2.46. The number of nitrogens with one attached hydrogen (secondary N) is 1. The number of amides is 1. The van der Waals surface area contributed by atoms with Crippen molar-refractivity contribution in [3.8, 4) is 0 Å². The number of likely N-dealkylation sites (N-methyl/N-ethyl adjacent to an activating group) is 2. The first kappa shape index (κ1) is 13.5. The second-order valence-electron chi connectivity index (χ2n) is 4.47. The molecule has 0 saturated heterocycles. The summed E-state index contributed by atoms with van der Waals surface area (Å²) in [5.74, 6) is -0.330. The van der Waals surface area contributed by atoms with Crippen LogP contribution in [0.3, 0.4) is 0 Å². The van der Waals surface area contributed by atoms with Crippen LogP contribution < -0.4 is 16.0 Å². The summed E-state index contributed by atoms with van der Waals surface area (Å²) in [7, 11) is 3.70. The van der Waals surface area contributed by atoms with Crippen molar-refractivity contribution >= 4 is 11.6 Å². The number of hydrogen-bond acceptors (Lipinski definition) is 3. The van der Waals surface area contributed by atoms with Gasteiger partial charge in [0.05, 0.1) is 0 Å². The number of nitrogens with zero attached hydrogens (tertiary/aromatic N) is 1. The Balaban J connectivity index is 2.81. The first-order chi connectivity index (χ1) is 7.93. The zero-order chi connectivity index (χ0) is 13.0. The topological polar surface area (TPSA) is 58.4 Å². The van der Waals surface area contributed by atoms with Crippen LogP contribution in [0.2, 0.25) is 0 Å². The standard InChI is InChI=1S/C13H21N3O/c1-9-5-10(2)7-11(6-9)16(4)8-12(15-3)13(14)17/h5-7,12,15H,8H2,1-4H3,(H2,14,17). The van der Waals surface area contributed by atoms with Gasteiger partial charge in [-0.05, 0) is 44.2 Å². The van der Waals surface area contributed by atoms with E-state index in [1.165, 1.54) is 11.1 Å². The van der Waals surface area contributed by atoms with Crippen LogP contribution in [0.4, 0.5) is 5.69 Å². The molecule has 1 rings (SSSR count). The molecule has 0 aliphatic carbocycles. The zero-order valence-electron chi connectivity index (χ0n) is 10.9. The van der Waals surface area contributed by atoms with Gasteiger partial charge in [0.25, 0.3) is 0 Å². The van der Waals surface area contributed by atoms with Crippen molar-refractivity contribution in [1.29, 1.82) is 0 Å². The number of hydrogen-bond donors (Lipinski definition) is 2. The van der Waals surface area contributed by atoms with Gasteiger partial charge < -0.3 is 16.0 Å². The molecule has 0 spiro atoms. The molecule has 1 aromatic carbocycles. The molecular weight excluding hydrogens is 214 g/mol. The number of nitrogens with two attached hydrogens (primary N) is 1. The van der Waals surface area contributed by atoms with Gasteiger partial charge >= 0.3 is 0 Å². The van der Waals surface area contributed by atoms with E-state index in [2.05, 4.69) is 37.4 Å². The molecule has 1 atom stereocenters. The number of carbonyl (C=O) groups excluding carboxylic acids is 1. The zero-order valence-corrected chi connectivity index (χ0v) is 10.9. The molecule has 1 amide bonds. The van der Waals surface area contributed by atoms with E-state index in [1.54, 1.807) is 7.05 Å². The lowest BCUT2D eigenvalue weighted by molar-refractivity contribution is -0.119. The van der Waals surface area contributed by atoms with Crippen LogP contribution in [0.5, 0.6) is 0 Å². The molecule has 0 bridgehead atoms. The second-order valence-corrected chi connectivity index (χ2v) is 4.47. The van der Waals surface area contributed by atoms with Gasteiger partial charge in [-0.25, -0.2) is 0 Å². The third-order valence-corrected chi connectivity index (χ3v) is 2.80. The highest BCUT2D eigenvalue weighted by molar-refractivity contribution is 5.80. The maximum atomic E-state index is 11.2. The minimum absolute atomic E-state index is 0.330. The smallest absolute Gasteiger partial charge is 0.236 e. The fourth-order valence-electron chi connectivity index (χ4n) is 1.87. The summed E-state index contributed by atoms with van der Waals surface area (Å²) in [5.41, 5.74) is 8.84. The third kappa shape index (κ3) is 3.75. The van der Waals surface area contributed by atoms with Crippen LogP contribution in [0.25, 0.3) is 0 Å². The molecular formula is C13H21N3O. The molecule has 4 nitrogen and oxygen atoms in total. The van der Waals surface area contributed by atoms with Gasteiger partial charge in [-0.3, -0.25) is 4.79 Å². The fraction of sp³-hybridized carbons (Fsp3) is 0.462. The quantitative estimate of drug-likeness (QED) is 0.794. The summed E-state index contributed by atoms with van der Waals surface area (Å²) in [5, 5.41) is 2.92. The van der Waals surface area contributed by atoms with Gasteiger partial charge in [0.1, 0.15) is 6.04 Å². The average Bonchev–Trinajstić information content (AvgIpc) is 2.23. The molecule has 94 valence electrons. The number of anilines is 1. The minimum Gasteiger partial charge on any atom is -0.372 e. The number of carbonyl (C=O) groups is 1. The van der Waals surface area contributed by atoms with Gasteiger partial charge in [-0.1, -0.05) is 6.07 Å². The van der Waals surface area contributed by atoms with Gasteiger partial charge in [-0.2, -0.15) is 0 Å². The molecule has 3 N–H and O–H groups in total. The average molecular weight is 235 g/mol. The highest BCUT2D eigenvalue weighted by Gasteiger charge is 2.15. The maximum Gasteiger partial charge on any atom is 0.236 e. The molecule has 0 aromatic heterocycles. The Hall–Kier alpha value is -1.55. The van der Waals surface area contributed by atoms with Crippen molar-refractivity contribution in [2.24, 2.45) is 5.73 Å². The van der Waals surface area contributed by atoms with E-state index in [0.29, 0.717) is 6.54 Å². The number of rotatable bonds is 5. The van der Waals surface area contributed by atoms with E-state index in [9.17, 15) is 4.79 Å². The summed E-state index contributed by atoms with van der Waals surface area (Å²) in [6.07, 6.45) is 0. The molecule has 0 saturated carbocycles. The first-order valence-corrected chi connectivity index (χ1v) is 5.70. The first-order valence-electron chi connectivity index (χ1n) is 5.70. The Morgan fingerprint density at radius 1 is 1.35 bits per heavy atom. The SMILES string of the molecule is CNC(CN(C)c1cc(C)cc(C)c1)C(N)=O. The monoisotopic (exact) mass is 235 g/mol. The Kier molecular flexibility index (Phi) is 4.52. The maximum absolute atomic E-state index is 11.2. The lowest BCUT2D eigenvalue weighted by Gasteiger charge is -2.24. The third-order valence-electron chi connectivity index (χ3n) is 2.80. The van der Waals surface area contributed by atoms with E-state index in [-0.39, 0.29) is 11.9 Å². The number of aryl methyl sites for hydroxylation is 2. The molecule has 0 radical (unpaired) electrons. The summed E-state index contributed by atoms with van der Waals surface area (Å²) in [4.78, 5) is 13.2. The Morgan fingerprint density at radius 3 is 2.29 bits per heavy atom. The molecule has 1 unspecified atom stereocenters. The fourth-order valence-corrected chi connectivity index (χ4v) is 1.87. The van der Waals surface area contributed by atoms with E-state index < -0.39 is 0 Å². The second kappa shape index (κ2) is 5.68. The van der Waals surface area contributed by atoms with E-state index in [0.717, 1.165) is 5.69 Å². The van der Waals surface area contributed by atoms with Gasteiger partial charge in [0.2, 0.25) is 5.91 Å². The lowest BCUT2D eigenvalue weighted by atomic mass is 10.1. The summed E-state index contributed by atoms with van der Waals surface area (Å²) in [6.45, 7) is 4.69. The van der Waals surface area contributed by atoms with E-state index in [1.807, 2.05) is 11.9 Å². The Bertz CT molecular complexity index is 383. The normalized spacial score (nSPS) is 12.2. The van der Waals surface area contributed by atoms with Crippen LogP contribution in [-0.2, 0) is 4.79 Å². The molecule has 0 heterocycles. The van der Waals surface area contributed by atoms with Crippen LogP contribution in [0, 0.1) is 13.8 Å². The summed E-state index contributed by atoms with van der Waals surface area (Å²) >= 11 is 0. The summed E-state index contributed by atoms with van der Waals surface area (Å²) < 4.78 is 0. The predicted molar refractivity (Wildman–Crippen MR) is 71.2 cm³/mol. The predicted octanol–water partition coefficient (Wildman–Crippen LogP) is 0.813. The van der Waals surface area contributed by atoms with Crippen molar-refractivity contribution in [1.82, 2.24) is 5.32 Å². The van der Waals surface area contributed by atoms with Crippen molar-refractivity contribution < 1.29 is 4.79 Å². The molecule has 17 heavy (non-hydrogen) atoms. The molecule has 0 aliphatic heterocycles. The molecule has 4 heteroatoms. The van der Waals surface area contributed by atoms with Crippen LogP contribution >= 0.6 is 0 Å². The Morgan fingerprint density at radius 2 is 1.88 bits per heavy atom. The van der Waals surface area contributed by atoms with Crippen molar-refractivity contribution in [3.63, 3.8) is 0 Å². The molecule has 0 fully saturated rings. The van der Waals surface area contributed by atoms with E-state index >= 15 is 0 Å². The highest BCUT2D eigenvalue weighted by atomic mass is 16.1. The highest BCUT2D eigenvalue weighted by Crippen LogP contribution is 2.17. The van der Waals surface area contributed by atoms with Crippen LogP contribution in [0.15, 0.2) is 18.2 Å². The van der Waals surface area contributed by atoms with Gasteiger partial charge in [0, 0.05) is 19.3 Å². The number of benzene rings is 1. The van der Waals surface area contributed by atoms with Crippen LogP contribution in [0.1, 0.15) is 11.1 Å². The Labute approximate surface area is 103 Å². The summed E-state index contributed by atoms with van der Waals surface area (Å²) in [6, 6.07) is 5.99. The number of primary amides is 1. The largest absolute Gasteiger partial charge is 0.372 e. The van der Waals surface area contributed by atoms with E-state index in [4.69, 9.17) is 5.73 Å². The molecule has 0 aliphatic rings. The van der Waals surface area contributed by atoms with Gasteiger partial charge in [-0.15, -0.1) is 0 Å². The van der Waals surface area contributed by atoms with Crippen molar-refractivity contribution in [3.05, 3.63) is 29.3 Å².